The van der Waals surface area contributed by atoms with E-state index in [0.29, 0.717) is 12.5 Å². The summed E-state index contributed by atoms with van der Waals surface area (Å²) in [5, 5.41) is 8.87. The third-order valence-corrected chi connectivity index (χ3v) is 4.88. The van der Waals surface area contributed by atoms with Crippen LogP contribution in [-0.2, 0) is 6.54 Å². The first kappa shape index (κ1) is 16.1. The molecule has 1 aliphatic heterocycles. The fraction of sp³-hybridized carbons (Fsp3) is 0.611. The van der Waals surface area contributed by atoms with Gasteiger partial charge in [-0.25, -0.2) is 4.79 Å². The van der Waals surface area contributed by atoms with Gasteiger partial charge in [-0.05, 0) is 62.4 Å². The number of benzene rings is 1. The van der Waals surface area contributed by atoms with Crippen LogP contribution in [0.1, 0.15) is 31.2 Å². The van der Waals surface area contributed by atoms with Gasteiger partial charge in [0.25, 0.3) is 0 Å². The maximum Gasteiger partial charge on any atom is 0.407 e. The van der Waals surface area contributed by atoms with Crippen LogP contribution in [0.4, 0.5) is 4.79 Å². The zero-order valence-corrected chi connectivity index (χ0v) is 13.8. The van der Waals surface area contributed by atoms with Gasteiger partial charge in [-0.2, -0.15) is 0 Å². The fourth-order valence-corrected chi connectivity index (χ4v) is 3.45. The first-order valence-corrected chi connectivity index (χ1v) is 8.52. The number of rotatable bonds is 6. The Balaban J connectivity index is 1.40. The van der Waals surface area contributed by atoms with Crippen molar-refractivity contribution in [1.29, 1.82) is 0 Å². The lowest BCUT2D eigenvalue weighted by Crippen LogP contribution is -2.41. The van der Waals surface area contributed by atoms with E-state index in [2.05, 4.69) is 29.2 Å². The van der Waals surface area contributed by atoms with E-state index in [1.807, 2.05) is 0 Å². The molecule has 0 radical (unpaired) electrons. The molecule has 1 saturated heterocycles. The summed E-state index contributed by atoms with van der Waals surface area (Å²) in [6.07, 6.45) is 3.89. The van der Waals surface area contributed by atoms with Crippen LogP contribution in [0, 0.1) is 5.92 Å². The number of carboxylic acid groups (broad SMARTS) is 1. The molecule has 0 unspecified atom stereocenters. The molecule has 2 aliphatic rings. The van der Waals surface area contributed by atoms with Crippen molar-refractivity contribution in [2.75, 3.05) is 26.7 Å². The number of carbonyl (C=O) groups is 1. The van der Waals surface area contributed by atoms with Gasteiger partial charge in [0.05, 0.1) is 6.10 Å². The van der Waals surface area contributed by atoms with Crippen LogP contribution < -0.4 is 4.74 Å². The van der Waals surface area contributed by atoms with Gasteiger partial charge in [0.2, 0.25) is 0 Å². The molecule has 5 nitrogen and oxygen atoms in total. The molecule has 1 aromatic carbocycles. The average Bonchev–Trinajstić information content (AvgIpc) is 2.99. The van der Waals surface area contributed by atoms with Gasteiger partial charge in [0.1, 0.15) is 5.75 Å². The van der Waals surface area contributed by atoms with Crippen LogP contribution in [0.5, 0.6) is 5.75 Å². The van der Waals surface area contributed by atoms with Crippen LogP contribution in [0.2, 0.25) is 0 Å². The zero-order chi connectivity index (χ0) is 16.2. The number of nitrogens with zero attached hydrogens (tertiary/aromatic N) is 2. The molecule has 1 N–H and O–H groups in total. The predicted molar refractivity (Wildman–Crippen MR) is 88.7 cm³/mol. The van der Waals surface area contributed by atoms with E-state index in [4.69, 9.17) is 9.84 Å². The molecule has 0 aromatic heterocycles. The van der Waals surface area contributed by atoms with Gasteiger partial charge in [-0.3, -0.25) is 4.90 Å². The van der Waals surface area contributed by atoms with Gasteiger partial charge in [0.15, 0.2) is 0 Å². The Bertz CT molecular complexity index is 520. The first-order valence-electron chi connectivity index (χ1n) is 8.52. The summed E-state index contributed by atoms with van der Waals surface area (Å²) in [6, 6.07) is 8.42. The Kier molecular flexibility index (Phi) is 5.06. The normalized spacial score (nSPS) is 24.2. The van der Waals surface area contributed by atoms with E-state index in [9.17, 15) is 4.79 Å². The van der Waals surface area contributed by atoms with Crippen molar-refractivity contribution in [2.24, 2.45) is 5.92 Å². The van der Waals surface area contributed by atoms with E-state index in [1.54, 1.807) is 7.05 Å². The summed E-state index contributed by atoms with van der Waals surface area (Å²) in [5.74, 6) is 1.35. The highest BCUT2D eigenvalue weighted by molar-refractivity contribution is 5.64. The van der Waals surface area contributed by atoms with Crippen LogP contribution in [0.3, 0.4) is 0 Å². The molecule has 1 aromatic rings. The van der Waals surface area contributed by atoms with E-state index in [0.717, 1.165) is 25.1 Å². The minimum atomic E-state index is -0.858. The molecule has 1 amide bonds. The molecular formula is C18H26N2O3. The minimum absolute atomic E-state index is 0.228. The van der Waals surface area contributed by atoms with E-state index in [1.165, 1.54) is 36.4 Å². The van der Waals surface area contributed by atoms with Gasteiger partial charge in [-0.15, -0.1) is 0 Å². The lowest BCUT2D eigenvalue weighted by atomic mass is 9.82. The Morgan fingerprint density at radius 3 is 2.52 bits per heavy atom. The van der Waals surface area contributed by atoms with Crippen molar-refractivity contribution in [3.05, 3.63) is 29.8 Å². The SMILES string of the molecule is CN(C[C@H]1C[C@H](Oc2ccc(CN3CCCC3)cc2)C1)C(=O)O. The second kappa shape index (κ2) is 7.21. The molecule has 5 heteroatoms. The van der Waals surface area contributed by atoms with Crippen molar-refractivity contribution in [2.45, 2.75) is 38.3 Å². The summed E-state index contributed by atoms with van der Waals surface area (Å²) in [7, 11) is 1.62. The van der Waals surface area contributed by atoms with Crippen LogP contribution in [0.15, 0.2) is 24.3 Å². The Labute approximate surface area is 137 Å². The second-order valence-electron chi connectivity index (χ2n) is 6.87. The topological polar surface area (TPSA) is 53.0 Å². The molecule has 3 rings (SSSR count). The molecule has 0 bridgehead atoms. The van der Waals surface area contributed by atoms with Crippen LogP contribution >= 0.6 is 0 Å². The van der Waals surface area contributed by atoms with E-state index >= 15 is 0 Å². The van der Waals surface area contributed by atoms with E-state index in [-0.39, 0.29) is 6.10 Å². The summed E-state index contributed by atoms with van der Waals surface area (Å²) in [5.41, 5.74) is 1.34. The van der Waals surface area contributed by atoms with Crippen molar-refractivity contribution in [3.8, 4) is 5.75 Å². The van der Waals surface area contributed by atoms with Crippen molar-refractivity contribution in [1.82, 2.24) is 9.80 Å². The number of hydrogen-bond donors (Lipinski definition) is 1. The fourth-order valence-electron chi connectivity index (χ4n) is 3.45. The smallest absolute Gasteiger partial charge is 0.407 e. The molecule has 126 valence electrons. The molecule has 2 fully saturated rings. The highest BCUT2D eigenvalue weighted by Gasteiger charge is 2.32. The summed E-state index contributed by atoms with van der Waals surface area (Å²) >= 11 is 0. The average molecular weight is 318 g/mol. The monoisotopic (exact) mass is 318 g/mol. The number of ether oxygens (including phenoxy) is 1. The lowest BCUT2D eigenvalue weighted by Gasteiger charge is -2.37. The second-order valence-corrected chi connectivity index (χ2v) is 6.87. The van der Waals surface area contributed by atoms with E-state index < -0.39 is 6.09 Å². The van der Waals surface area contributed by atoms with Gasteiger partial charge in [-0.1, -0.05) is 12.1 Å². The number of hydrogen-bond acceptors (Lipinski definition) is 3. The zero-order valence-electron chi connectivity index (χ0n) is 13.8. The van der Waals surface area contributed by atoms with Gasteiger partial charge >= 0.3 is 6.09 Å². The largest absolute Gasteiger partial charge is 0.490 e. The Hall–Kier alpha value is -1.75. The van der Waals surface area contributed by atoms with Crippen molar-refractivity contribution >= 4 is 6.09 Å². The molecule has 23 heavy (non-hydrogen) atoms. The highest BCUT2D eigenvalue weighted by atomic mass is 16.5. The summed E-state index contributed by atoms with van der Waals surface area (Å²) in [6.45, 7) is 4.07. The maximum absolute atomic E-state index is 10.8. The Morgan fingerprint density at radius 1 is 1.26 bits per heavy atom. The van der Waals surface area contributed by atoms with Crippen LogP contribution in [0.25, 0.3) is 0 Å². The highest BCUT2D eigenvalue weighted by Crippen LogP contribution is 2.32. The number of likely N-dealkylation sites (tertiary alicyclic amines) is 1. The minimum Gasteiger partial charge on any atom is -0.490 e. The van der Waals surface area contributed by atoms with Gasteiger partial charge < -0.3 is 14.7 Å². The molecule has 1 saturated carbocycles. The lowest BCUT2D eigenvalue weighted by molar-refractivity contribution is 0.0474. The molecule has 1 aliphatic carbocycles. The molecule has 0 spiro atoms. The van der Waals surface area contributed by atoms with Gasteiger partial charge in [0, 0.05) is 20.1 Å². The van der Waals surface area contributed by atoms with Crippen molar-refractivity contribution in [3.63, 3.8) is 0 Å². The first-order chi connectivity index (χ1) is 11.1. The third kappa shape index (κ3) is 4.38. The summed E-state index contributed by atoms with van der Waals surface area (Å²) < 4.78 is 5.97. The summed E-state index contributed by atoms with van der Waals surface area (Å²) in [4.78, 5) is 14.6. The molecule has 1 heterocycles. The molecule has 0 atom stereocenters. The quantitative estimate of drug-likeness (QED) is 0.876. The maximum atomic E-state index is 10.8. The van der Waals surface area contributed by atoms with Crippen molar-refractivity contribution < 1.29 is 14.6 Å². The third-order valence-electron chi connectivity index (χ3n) is 4.88. The number of amides is 1. The Morgan fingerprint density at radius 2 is 1.91 bits per heavy atom. The predicted octanol–water partition coefficient (Wildman–Crippen LogP) is 3.05. The standard InChI is InChI=1S/C18H26N2O3/c1-19(18(21)22)12-15-10-17(11-15)23-16-6-4-14(5-7-16)13-20-8-2-3-9-20/h4-7,15,17H,2-3,8-13H2,1H3,(H,21,22)/t15-,17-. The molecular weight excluding hydrogens is 292 g/mol. The van der Waals surface area contributed by atoms with Crippen LogP contribution in [-0.4, -0.2) is 53.8 Å².